The van der Waals surface area contributed by atoms with E-state index in [1.165, 1.54) is 0 Å². The fourth-order valence-electron chi connectivity index (χ4n) is 4.14. The van der Waals surface area contributed by atoms with E-state index >= 15 is 4.39 Å². The number of para-hydroxylation sites is 1. The Balaban J connectivity index is 1.80. The van der Waals surface area contributed by atoms with E-state index < -0.39 is 0 Å². The zero-order valence-corrected chi connectivity index (χ0v) is 18.4. The minimum Gasteiger partial charge on any atom is -0.307 e. The van der Waals surface area contributed by atoms with Crippen LogP contribution in [0.3, 0.4) is 0 Å². The fraction of sp³-hybridized carbons (Fsp3) is 0. The summed E-state index contributed by atoms with van der Waals surface area (Å²) in [5, 5.41) is 0. The molecule has 0 heterocycles. The first-order valence-corrected chi connectivity index (χ1v) is 11.1. The molecule has 0 aliphatic rings. The number of benzene rings is 5. The normalized spacial score (nSPS) is 10.7. The lowest BCUT2D eigenvalue weighted by atomic mass is 9.94. The summed E-state index contributed by atoms with van der Waals surface area (Å²) in [5.41, 5.74) is 7.18. The SMILES string of the molecule is Bc1ccc(N(c2ccccc2)c2c(F)cc(-c3ccccc3)cc2-c2ccccc2)cc1. The van der Waals surface area contributed by atoms with Gasteiger partial charge in [0.05, 0.1) is 5.69 Å². The van der Waals surface area contributed by atoms with Crippen LogP contribution in [0, 0.1) is 5.82 Å². The smallest absolute Gasteiger partial charge is 0.148 e. The maximum Gasteiger partial charge on any atom is 0.148 e. The van der Waals surface area contributed by atoms with Crippen molar-refractivity contribution >= 4 is 30.4 Å². The standard InChI is InChI=1S/C30H23BFN/c31-25-16-18-27(19-17-25)33(26-14-8-3-9-15-26)30-28(23-12-6-2-7-13-23)20-24(21-29(30)32)22-10-4-1-5-11-22/h1-21H,31H2. The molecule has 0 aliphatic heterocycles. The van der Waals surface area contributed by atoms with Crippen LogP contribution in [0.25, 0.3) is 22.3 Å². The molecule has 0 atom stereocenters. The second kappa shape index (κ2) is 9.18. The van der Waals surface area contributed by atoms with E-state index in [9.17, 15) is 0 Å². The van der Waals surface area contributed by atoms with Crippen LogP contribution in [0.2, 0.25) is 0 Å². The lowest BCUT2D eigenvalue weighted by molar-refractivity contribution is 0.630. The van der Waals surface area contributed by atoms with Crippen LogP contribution >= 0.6 is 0 Å². The highest BCUT2D eigenvalue weighted by atomic mass is 19.1. The largest absolute Gasteiger partial charge is 0.307 e. The Morgan fingerprint density at radius 3 is 1.64 bits per heavy atom. The second-order valence-electron chi connectivity index (χ2n) is 8.09. The highest BCUT2D eigenvalue weighted by Crippen LogP contribution is 2.44. The number of halogens is 1. The zero-order valence-electron chi connectivity index (χ0n) is 18.4. The van der Waals surface area contributed by atoms with Gasteiger partial charge in [0.2, 0.25) is 0 Å². The molecule has 5 aromatic rings. The van der Waals surface area contributed by atoms with Gasteiger partial charge in [-0.05, 0) is 53.1 Å². The quantitative estimate of drug-likeness (QED) is 0.276. The molecule has 0 aromatic heterocycles. The summed E-state index contributed by atoms with van der Waals surface area (Å²) >= 11 is 0. The van der Waals surface area contributed by atoms with Gasteiger partial charge >= 0.3 is 0 Å². The summed E-state index contributed by atoms with van der Waals surface area (Å²) in [6.45, 7) is 0. The van der Waals surface area contributed by atoms with E-state index in [1.54, 1.807) is 6.07 Å². The Bertz CT molecular complexity index is 1350. The molecule has 0 radical (unpaired) electrons. The molecule has 158 valence electrons. The first-order chi connectivity index (χ1) is 16.2. The first-order valence-electron chi connectivity index (χ1n) is 11.1. The lowest BCUT2D eigenvalue weighted by Gasteiger charge is -2.29. The lowest BCUT2D eigenvalue weighted by Crippen LogP contribution is -2.14. The van der Waals surface area contributed by atoms with Gasteiger partial charge in [-0.2, -0.15) is 0 Å². The van der Waals surface area contributed by atoms with Crippen molar-refractivity contribution in [1.29, 1.82) is 0 Å². The van der Waals surface area contributed by atoms with Crippen molar-refractivity contribution in [2.75, 3.05) is 4.90 Å². The Kier molecular flexibility index (Phi) is 5.78. The van der Waals surface area contributed by atoms with Crippen LogP contribution in [0.1, 0.15) is 0 Å². The fourth-order valence-corrected chi connectivity index (χ4v) is 4.14. The van der Waals surface area contributed by atoms with E-state index in [1.807, 2.05) is 108 Å². The topological polar surface area (TPSA) is 3.24 Å². The third-order valence-corrected chi connectivity index (χ3v) is 5.79. The summed E-state index contributed by atoms with van der Waals surface area (Å²) in [6.07, 6.45) is 0. The molecule has 0 aliphatic carbocycles. The van der Waals surface area contributed by atoms with Crippen LogP contribution < -0.4 is 10.4 Å². The number of hydrogen-bond acceptors (Lipinski definition) is 1. The summed E-state index contributed by atoms with van der Waals surface area (Å²) in [4.78, 5) is 2.01. The summed E-state index contributed by atoms with van der Waals surface area (Å²) in [6, 6.07) is 41.9. The Hall–Kier alpha value is -4.11. The monoisotopic (exact) mass is 427 g/mol. The van der Waals surface area contributed by atoms with Gasteiger partial charge in [0.25, 0.3) is 0 Å². The van der Waals surface area contributed by atoms with Crippen LogP contribution in [-0.2, 0) is 0 Å². The number of nitrogens with zero attached hydrogens (tertiary/aromatic N) is 1. The molecule has 0 fully saturated rings. The van der Waals surface area contributed by atoms with E-state index in [0.717, 1.165) is 39.1 Å². The van der Waals surface area contributed by atoms with Crippen molar-refractivity contribution < 1.29 is 4.39 Å². The van der Waals surface area contributed by atoms with Gasteiger partial charge in [-0.1, -0.05) is 96.5 Å². The molecule has 33 heavy (non-hydrogen) atoms. The maximum absolute atomic E-state index is 16.1. The summed E-state index contributed by atoms with van der Waals surface area (Å²) in [7, 11) is 2.06. The van der Waals surface area contributed by atoms with Crippen LogP contribution in [0.15, 0.2) is 127 Å². The van der Waals surface area contributed by atoms with Gasteiger partial charge in [-0.25, -0.2) is 4.39 Å². The van der Waals surface area contributed by atoms with Crippen LogP contribution in [0.4, 0.5) is 21.5 Å². The zero-order chi connectivity index (χ0) is 22.6. The third-order valence-electron chi connectivity index (χ3n) is 5.79. The Labute approximate surface area is 195 Å². The van der Waals surface area contributed by atoms with E-state index in [4.69, 9.17) is 0 Å². The highest BCUT2D eigenvalue weighted by Gasteiger charge is 2.22. The van der Waals surface area contributed by atoms with Crippen molar-refractivity contribution in [3.8, 4) is 22.3 Å². The number of rotatable bonds is 5. The predicted octanol–water partition coefficient (Wildman–Crippen LogP) is 6.89. The van der Waals surface area contributed by atoms with Gasteiger partial charge in [-0.15, -0.1) is 0 Å². The van der Waals surface area contributed by atoms with Crippen LogP contribution in [0.5, 0.6) is 0 Å². The van der Waals surface area contributed by atoms with Gasteiger partial charge in [0.15, 0.2) is 0 Å². The molecule has 0 unspecified atom stereocenters. The van der Waals surface area contributed by atoms with E-state index in [0.29, 0.717) is 5.69 Å². The Morgan fingerprint density at radius 1 is 0.515 bits per heavy atom. The van der Waals surface area contributed by atoms with Crippen molar-refractivity contribution in [3.05, 3.63) is 133 Å². The van der Waals surface area contributed by atoms with Gasteiger partial charge in [-0.3, -0.25) is 0 Å². The first kappa shape index (κ1) is 20.8. The van der Waals surface area contributed by atoms with Crippen molar-refractivity contribution in [2.45, 2.75) is 0 Å². The molecule has 5 aromatic carbocycles. The Morgan fingerprint density at radius 2 is 1.03 bits per heavy atom. The molecule has 3 heteroatoms. The molecule has 0 saturated heterocycles. The molecule has 1 nitrogen and oxygen atoms in total. The highest BCUT2D eigenvalue weighted by molar-refractivity contribution is 6.32. The van der Waals surface area contributed by atoms with Crippen LogP contribution in [-0.4, -0.2) is 7.85 Å². The number of hydrogen-bond donors (Lipinski definition) is 0. The minimum absolute atomic E-state index is 0.264. The van der Waals surface area contributed by atoms with Gasteiger partial charge < -0.3 is 4.90 Å². The van der Waals surface area contributed by atoms with E-state index in [2.05, 4.69) is 26.0 Å². The molecular weight excluding hydrogens is 404 g/mol. The third kappa shape index (κ3) is 4.31. The second-order valence-corrected chi connectivity index (χ2v) is 8.09. The van der Waals surface area contributed by atoms with Crippen molar-refractivity contribution in [2.24, 2.45) is 0 Å². The molecule has 0 amide bonds. The number of anilines is 3. The molecule has 0 bridgehead atoms. The average Bonchev–Trinajstić information content (AvgIpc) is 2.88. The maximum atomic E-state index is 16.1. The molecule has 0 saturated carbocycles. The molecular formula is C30H23BFN. The van der Waals surface area contributed by atoms with E-state index in [-0.39, 0.29) is 5.82 Å². The predicted molar refractivity (Wildman–Crippen MR) is 140 cm³/mol. The summed E-state index contributed by atoms with van der Waals surface area (Å²) in [5.74, 6) is -0.264. The van der Waals surface area contributed by atoms with Gasteiger partial charge in [0, 0.05) is 16.9 Å². The van der Waals surface area contributed by atoms with Gasteiger partial charge in [0.1, 0.15) is 13.7 Å². The minimum atomic E-state index is -0.264. The van der Waals surface area contributed by atoms with Crippen molar-refractivity contribution in [3.63, 3.8) is 0 Å². The molecule has 0 N–H and O–H groups in total. The molecule has 5 rings (SSSR count). The molecule has 0 spiro atoms. The van der Waals surface area contributed by atoms with Crippen molar-refractivity contribution in [1.82, 2.24) is 0 Å². The average molecular weight is 427 g/mol. The summed E-state index contributed by atoms with van der Waals surface area (Å²) < 4.78 is 16.1.